The maximum atomic E-state index is 5.00. The van der Waals surface area contributed by atoms with Gasteiger partial charge in [0.05, 0.1) is 6.61 Å². The zero-order valence-corrected chi connectivity index (χ0v) is 10.5. The molecule has 7 nitrogen and oxygen atoms in total. The van der Waals surface area contributed by atoms with Crippen LogP contribution in [0.4, 0.5) is 0 Å². The number of aromatic nitrogens is 2. The average Bonchev–Trinajstić information content (AvgIpc) is 2.73. The number of rotatable bonds is 6. The van der Waals surface area contributed by atoms with Gasteiger partial charge in [-0.15, -0.1) is 0 Å². The van der Waals surface area contributed by atoms with Crippen molar-refractivity contribution in [3.63, 3.8) is 0 Å². The van der Waals surface area contributed by atoms with E-state index in [2.05, 4.69) is 25.8 Å². The third kappa shape index (κ3) is 5.30. The standard InChI is InChI=1S/C10H19N5O2/c1-8-14-9(17-15-8)4-5-12-10(11-2)13-6-7-16-3/h4-7H2,1-3H3,(H2,11,12,13). The van der Waals surface area contributed by atoms with Crippen LogP contribution >= 0.6 is 0 Å². The maximum Gasteiger partial charge on any atom is 0.228 e. The molecule has 7 heteroatoms. The Morgan fingerprint density at radius 3 is 2.76 bits per heavy atom. The monoisotopic (exact) mass is 241 g/mol. The number of ether oxygens (including phenoxy) is 1. The average molecular weight is 241 g/mol. The van der Waals surface area contributed by atoms with Crippen molar-refractivity contribution in [2.45, 2.75) is 13.3 Å². The molecule has 1 heterocycles. The largest absolute Gasteiger partial charge is 0.383 e. The summed E-state index contributed by atoms with van der Waals surface area (Å²) in [5.41, 5.74) is 0. The zero-order valence-electron chi connectivity index (χ0n) is 10.5. The van der Waals surface area contributed by atoms with Crippen LogP contribution in [0.25, 0.3) is 0 Å². The van der Waals surface area contributed by atoms with E-state index >= 15 is 0 Å². The van der Waals surface area contributed by atoms with Crippen molar-refractivity contribution in [1.29, 1.82) is 0 Å². The van der Waals surface area contributed by atoms with E-state index < -0.39 is 0 Å². The molecule has 0 saturated carbocycles. The highest BCUT2D eigenvalue weighted by Gasteiger charge is 2.02. The minimum atomic E-state index is 0.627. The summed E-state index contributed by atoms with van der Waals surface area (Å²) in [6.07, 6.45) is 0.672. The third-order valence-electron chi connectivity index (χ3n) is 2.02. The molecule has 0 aliphatic carbocycles. The number of hydrogen-bond donors (Lipinski definition) is 2. The Hall–Kier alpha value is -1.63. The number of hydrogen-bond acceptors (Lipinski definition) is 5. The summed E-state index contributed by atoms with van der Waals surface area (Å²) in [6.45, 7) is 3.85. The highest BCUT2D eigenvalue weighted by Crippen LogP contribution is 1.95. The molecular weight excluding hydrogens is 222 g/mol. The van der Waals surface area contributed by atoms with E-state index in [1.165, 1.54) is 0 Å². The predicted octanol–water partition coefficient (Wildman–Crippen LogP) is -0.268. The minimum Gasteiger partial charge on any atom is -0.383 e. The van der Waals surface area contributed by atoms with Crippen molar-refractivity contribution < 1.29 is 9.26 Å². The molecule has 17 heavy (non-hydrogen) atoms. The van der Waals surface area contributed by atoms with Crippen LogP contribution in [0.5, 0.6) is 0 Å². The Morgan fingerprint density at radius 2 is 2.18 bits per heavy atom. The molecule has 0 saturated heterocycles. The van der Waals surface area contributed by atoms with E-state index in [1.54, 1.807) is 21.1 Å². The first-order chi connectivity index (χ1) is 8.26. The van der Waals surface area contributed by atoms with E-state index in [1.807, 2.05) is 0 Å². The SMILES string of the molecule is CN=C(NCCOC)NCCc1nc(C)no1. The van der Waals surface area contributed by atoms with Gasteiger partial charge in [0.25, 0.3) is 0 Å². The highest BCUT2D eigenvalue weighted by molar-refractivity contribution is 5.79. The van der Waals surface area contributed by atoms with Gasteiger partial charge in [-0.3, -0.25) is 4.99 Å². The van der Waals surface area contributed by atoms with Crippen LogP contribution in [0.1, 0.15) is 11.7 Å². The van der Waals surface area contributed by atoms with Gasteiger partial charge in [0, 0.05) is 33.7 Å². The number of nitrogens with one attached hydrogen (secondary N) is 2. The number of nitrogens with zero attached hydrogens (tertiary/aromatic N) is 3. The quantitative estimate of drug-likeness (QED) is 0.405. The fraction of sp³-hybridized carbons (Fsp3) is 0.700. The van der Waals surface area contributed by atoms with Gasteiger partial charge in [-0.25, -0.2) is 0 Å². The molecule has 2 N–H and O–H groups in total. The minimum absolute atomic E-state index is 0.627. The molecule has 96 valence electrons. The molecule has 0 spiro atoms. The summed E-state index contributed by atoms with van der Waals surface area (Å²) >= 11 is 0. The zero-order chi connectivity index (χ0) is 12.5. The summed E-state index contributed by atoms with van der Waals surface area (Å²) in [7, 11) is 3.38. The predicted molar refractivity (Wildman–Crippen MR) is 64.0 cm³/mol. The highest BCUT2D eigenvalue weighted by atomic mass is 16.5. The molecule has 0 radical (unpaired) electrons. The van der Waals surface area contributed by atoms with E-state index in [0.29, 0.717) is 31.3 Å². The van der Waals surface area contributed by atoms with Gasteiger partial charge in [-0.05, 0) is 6.92 Å². The molecule has 0 unspecified atom stereocenters. The lowest BCUT2D eigenvalue weighted by Crippen LogP contribution is -2.39. The van der Waals surface area contributed by atoms with Crippen LogP contribution in [0.3, 0.4) is 0 Å². The summed E-state index contributed by atoms with van der Waals surface area (Å²) in [5.74, 6) is 2.02. The Morgan fingerprint density at radius 1 is 1.41 bits per heavy atom. The van der Waals surface area contributed by atoms with Crippen molar-refractivity contribution in [2.75, 3.05) is 33.9 Å². The van der Waals surface area contributed by atoms with Crippen molar-refractivity contribution >= 4 is 5.96 Å². The van der Waals surface area contributed by atoms with Gasteiger partial charge in [0.1, 0.15) is 0 Å². The lowest BCUT2D eigenvalue weighted by Gasteiger charge is -2.10. The Kier molecular flexibility index (Phi) is 6.02. The summed E-state index contributed by atoms with van der Waals surface area (Å²) < 4.78 is 9.93. The van der Waals surface area contributed by atoms with Crippen molar-refractivity contribution in [3.8, 4) is 0 Å². The molecular formula is C10H19N5O2. The lowest BCUT2D eigenvalue weighted by molar-refractivity contribution is 0.203. The van der Waals surface area contributed by atoms with Gasteiger partial charge < -0.3 is 19.9 Å². The second-order valence-electron chi connectivity index (χ2n) is 3.40. The lowest BCUT2D eigenvalue weighted by atomic mass is 10.4. The molecule has 0 bridgehead atoms. The molecule has 0 aromatic carbocycles. The first-order valence-electron chi connectivity index (χ1n) is 5.49. The smallest absolute Gasteiger partial charge is 0.228 e. The van der Waals surface area contributed by atoms with E-state index in [4.69, 9.17) is 9.26 Å². The molecule has 0 fully saturated rings. The van der Waals surface area contributed by atoms with Gasteiger partial charge in [0.15, 0.2) is 11.8 Å². The van der Waals surface area contributed by atoms with Crippen LogP contribution in [0.2, 0.25) is 0 Å². The van der Waals surface area contributed by atoms with E-state index in [0.717, 1.165) is 12.5 Å². The first-order valence-corrected chi connectivity index (χ1v) is 5.49. The van der Waals surface area contributed by atoms with Gasteiger partial charge in [-0.2, -0.15) is 4.98 Å². The Bertz CT molecular complexity index is 350. The molecule has 1 aromatic heterocycles. The van der Waals surface area contributed by atoms with Crippen LogP contribution < -0.4 is 10.6 Å². The van der Waals surface area contributed by atoms with Gasteiger partial charge in [-0.1, -0.05) is 5.16 Å². The van der Waals surface area contributed by atoms with Crippen molar-refractivity contribution in [2.24, 2.45) is 4.99 Å². The Labute approximate surface area is 101 Å². The van der Waals surface area contributed by atoms with Crippen LogP contribution in [-0.2, 0) is 11.2 Å². The second kappa shape index (κ2) is 7.61. The molecule has 0 aliphatic rings. The topological polar surface area (TPSA) is 84.6 Å². The summed E-state index contributed by atoms with van der Waals surface area (Å²) in [6, 6.07) is 0. The summed E-state index contributed by atoms with van der Waals surface area (Å²) in [5, 5.41) is 9.97. The summed E-state index contributed by atoms with van der Waals surface area (Å²) in [4.78, 5) is 8.18. The normalized spacial score (nSPS) is 11.6. The molecule has 0 atom stereocenters. The second-order valence-corrected chi connectivity index (χ2v) is 3.40. The van der Waals surface area contributed by atoms with Crippen molar-refractivity contribution in [1.82, 2.24) is 20.8 Å². The van der Waals surface area contributed by atoms with Crippen LogP contribution in [0, 0.1) is 6.92 Å². The number of aryl methyl sites for hydroxylation is 1. The fourth-order valence-electron chi connectivity index (χ4n) is 1.22. The molecule has 1 aromatic rings. The van der Waals surface area contributed by atoms with Crippen LogP contribution in [-0.4, -0.2) is 50.0 Å². The number of aliphatic imine (C=N–C) groups is 1. The van der Waals surface area contributed by atoms with Crippen molar-refractivity contribution in [3.05, 3.63) is 11.7 Å². The van der Waals surface area contributed by atoms with Crippen LogP contribution in [0.15, 0.2) is 9.52 Å². The Balaban J connectivity index is 2.19. The van der Waals surface area contributed by atoms with E-state index in [-0.39, 0.29) is 0 Å². The molecule has 0 amide bonds. The van der Waals surface area contributed by atoms with Gasteiger partial charge >= 0.3 is 0 Å². The number of methoxy groups -OCH3 is 1. The fourth-order valence-corrected chi connectivity index (χ4v) is 1.22. The molecule has 0 aliphatic heterocycles. The first kappa shape index (κ1) is 13.4. The maximum absolute atomic E-state index is 5.00. The third-order valence-corrected chi connectivity index (χ3v) is 2.02. The molecule has 1 rings (SSSR count). The van der Waals surface area contributed by atoms with E-state index in [9.17, 15) is 0 Å². The van der Waals surface area contributed by atoms with Gasteiger partial charge in [0.2, 0.25) is 5.89 Å². The number of guanidine groups is 1.